The number of benzene rings is 1. The number of para-hydroxylation sites is 1. The molecule has 0 saturated heterocycles. The lowest BCUT2D eigenvalue weighted by atomic mass is 10.0. The van der Waals surface area contributed by atoms with Crippen molar-refractivity contribution in [3.8, 4) is 0 Å². The molecule has 1 N–H and O–H groups in total. The first-order chi connectivity index (χ1) is 9.26. The number of rotatable bonds is 6. The van der Waals surface area contributed by atoms with Crippen LogP contribution < -0.4 is 5.32 Å². The monoisotopic (exact) mass is 257 g/mol. The van der Waals surface area contributed by atoms with Crippen LogP contribution in [0.1, 0.15) is 30.8 Å². The average molecular weight is 257 g/mol. The number of hydrogen-bond acceptors (Lipinski definition) is 2. The van der Waals surface area contributed by atoms with Crippen LogP contribution in [-0.2, 0) is 26.3 Å². The van der Waals surface area contributed by atoms with Gasteiger partial charge in [0.25, 0.3) is 0 Å². The van der Waals surface area contributed by atoms with Crippen LogP contribution in [0, 0.1) is 0 Å². The maximum atomic E-state index is 4.36. The normalized spacial score (nSPS) is 10.7. The highest BCUT2D eigenvalue weighted by Gasteiger charge is 2.06. The summed E-state index contributed by atoms with van der Waals surface area (Å²) >= 11 is 0. The van der Waals surface area contributed by atoms with Crippen LogP contribution in [0.25, 0.3) is 0 Å². The molecule has 0 aliphatic carbocycles. The van der Waals surface area contributed by atoms with E-state index in [0.29, 0.717) is 0 Å². The Bertz CT molecular complexity index is 506. The highest BCUT2D eigenvalue weighted by Crippen LogP contribution is 2.22. The SMILES string of the molecule is CCc1cccc(CC)c1NCCc1nccn1C. The van der Waals surface area contributed by atoms with Gasteiger partial charge in [-0.2, -0.15) is 0 Å². The van der Waals surface area contributed by atoms with Gasteiger partial charge in [-0.15, -0.1) is 0 Å². The lowest BCUT2D eigenvalue weighted by molar-refractivity contribution is 0.788. The molecule has 0 aliphatic heterocycles. The first kappa shape index (κ1) is 13.7. The van der Waals surface area contributed by atoms with Crippen molar-refractivity contribution in [1.82, 2.24) is 9.55 Å². The van der Waals surface area contributed by atoms with E-state index in [0.717, 1.165) is 31.6 Å². The van der Waals surface area contributed by atoms with E-state index >= 15 is 0 Å². The molecule has 2 aromatic rings. The lowest BCUT2D eigenvalue weighted by Crippen LogP contribution is -2.11. The molecule has 1 aromatic carbocycles. The van der Waals surface area contributed by atoms with Gasteiger partial charge in [-0.05, 0) is 24.0 Å². The second-order valence-corrected chi connectivity index (χ2v) is 4.79. The summed E-state index contributed by atoms with van der Waals surface area (Å²) < 4.78 is 2.08. The molecule has 102 valence electrons. The van der Waals surface area contributed by atoms with Gasteiger partial charge >= 0.3 is 0 Å². The van der Waals surface area contributed by atoms with Crippen LogP contribution in [0.3, 0.4) is 0 Å². The summed E-state index contributed by atoms with van der Waals surface area (Å²) in [5, 5.41) is 3.60. The second kappa shape index (κ2) is 6.41. The van der Waals surface area contributed by atoms with Crippen molar-refractivity contribution in [2.24, 2.45) is 7.05 Å². The largest absolute Gasteiger partial charge is 0.384 e. The number of hydrogen-bond donors (Lipinski definition) is 1. The van der Waals surface area contributed by atoms with Crippen LogP contribution in [0.5, 0.6) is 0 Å². The number of aryl methyl sites for hydroxylation is 3. The summed E-state index contributed by atoms with van der Waals surface area (Å²) in [6.07, 6.45) is 6.93. The highest BCUT2D eigenvalue weighted by atomic mass is 15.0. The Morgan fingerprint density at radius 2 is 1.84 bits per heavy atom. The van der Waals surface area contributed by atoms with E-state index in [4.69, 9.17) is 0 Å². The van der Waals surface area contributed by atoms with Gasteiger partial charge in [0, 0.05) is 38.1 Å². The van der Waals surface area contributed by atoms with Crippen LogP contribution in [0.15, 0.2) is 30.6 Å². The first-order valence-corrected chi connectivity index (χ1v) is 7.07. The van der Waals surface area contributed by atoms with E-state index < -0.39 is 0 Å². The van der Waals surface area contributed by atoms with Gasteiger partial charge < -0.3 is 9.88 Å². The van der Waals surface area contributed by atoms with Crippen molar-refractivity contribution >= 4 is 5.69 Å². The molecule has 1 heterocycles. The highest BCUT2D eigenvalue weighted by molar-refractivity contribution is 5.57. The molecule has 0 spiro atoms. The van der Waals surface area contributed by atoms with Crippen LogP contribution in [-0.4, -0.2) is 16.1 Å². The molecule has 0 atom stereocenters. The van der Waals surface area contributed by atoms with Crippen LogP contribution in [0.4, 0.5) is 5.69 Å². The Morgan fingerprint density at radius 1 is 1.16 bits per heavy atom. The third-order valence-corrected chi connectivity index (χ3v) is 3.57. The minimum atomic E-state index is 0.925. The molecule has 0 fully saturated rings. The molecule has 0 amide bonds. The van der Waals surface area contributed by atoms with Gasteiger partial charge in [0.15, 0.2) is 0 Å². The van der Waals surface area contributed by atoms with Gasteiger partial charge in [-0.3, -0.25) is 0 Å². The van der Waals surface area contributed by atoms with E-state index in [-0.39, 0.29) is 0 Å². The maximum Gasteiger partial charge on any atom is 0.110 e. The molecule has 0 aliphatic rings. The van der Waals surface area contributed by atoms with Crippen molar-refractivity contribution in [1.29, 1.82) is 0 Å². The van der Waals surface area contributed by atoms with Crippen molar-refractivity contribution in [2.75, 3.05) is 11.9 Å². The zero-order chi connectivity index (χ0) is 13.7. The molecule has 2 rings (SSSR count). The van der Waals surface area contributed by atoms with Crippen LogP contribution in [0.2, 0.25) is 0 Å². The minimum Gasteiger partial charge on any atom is -0.384 e. The third-order valence-electron chi connectivity index (χ3n) is 3.57. The molecule has 1 aromatic heterocycles. The summed E-state index contributed by atoms with van der Waals surface area (Å²) in [6.45, 7) is 5.34. The zero-order valence-corrected chi connectivity index (χ0v) is 12.1. The van der Waals surface area contributed by atoms with Crippen molar-refractivity contribution in [2.45, 2.75) is 33.1 Å². The Hall–Kier alpha value is -1.77. The number of aromatic nitrogens is 2. The molecule has 0 saturated carbocycles. The summed E-state index contributed by atoms with van der Waals surface area (Å²) in [4.78, 5) is 4.36. The number of nitrogens with zero attached hydrogens (tertiary/aromatic N) is 2. The lowest BCUT2D eigenvalue weighted by Gasteiger charge is -2.15. The maximum absolute atomic E-state index is 4.36. The third kappa shape index (κ3) is 3.16. The van der Waals surface area contributed by atoms with E-state index in [9.17, 15) is 0 Å². The number of nitrogens with one attached hydrogen (secondary N) is 1. The molecule has 0 unspecified atom stereocenters. The van der Waals surface area contributed by atoms with Gasteiger partial charge in [0.05, 0.1) is 0 Å². The Balaban J connectivity index is 2.04. The summed E-state index contributed by atoms with van der Waals surface area (Å²) in [6, 6.07) is 6.58. The summed E-state index contributed by atoms with van der Waals surface area (Å²) in [5.41, 5.74) is 4.13. The standard InChI is InChI=1S/C16H23N3/c1-4-13-7-6-8-14(5-2)16(13)18-10-9-15-17-11-12-19(15)3/h6-8,11-12,18H,4-5,9-10H2,1-3H3. The Kier molecular flexibility index (Phi) is 4.61. The van der Waals surface area contributed by atoms with Crippen molar-refractivity contribution in [3.05, 3.63) is 47.5 Å². The zero-order valence-electron chi connectivity index (χ0n) is 12.1. The minimum absolute atomic E-state index is 0.925. The second-order valence-electron chi connectivity index (χ2n) is 4.79. The topological polar surface area (TPSA) is 29.9 Å². The van der Waals surface area contributed by atoms with E-state index in [1.165, 1.54) is 16.8 Å². The smallest absolute Gasteiger partial charge is 0.110 e. The Morgan fingerprint density at radius 3 is 2.37 bits per heavy atom. The fourth-order valence-electron chi connectivity index (χ4n) is 2.41. The van der Waals surface area contributed by atoms with Gasteiger partial charge in [-0.25, -0.2) is 4.98 Å². The quantitative estimate of drug-likeness (QED) is 0.861. The number of imidazole rings is 1. The van der Waals surface area contributed by atoms with Crippen molar-refractivity contribution < 1.29 is 0 Å². The van der Waals surface area contributed by atoms with E-state index in [1.807, 2.05) is 19.4 Å². The summed E-state index contributed by atoms with van der Waals surface area (Å²) in [7, 11) is 2.04. The van der Waals surface area contributed by atoms with Crippen LogP contribution >= 0.6 is 0 Å². The number of anilines is 1. The van der Waals surface area contributed by atoms with Gasteiger partial charge in [-0.1, -0.05) is 32.0 Å². The molecule has 19 heavy (non-hydrogen) atoms. The molecular weight excluding hydrogens is 234 g/mol. The Labute approximate surface area is 115 Å². The van der Waals surface area contributed by atoms with E-state index in [2.05, 4.69) is 46.9 Å². The predicted molar refractivity (Wildman–Crippen MR) is 80.6 cm³/mol. The molecule has 0 radical (unpaired) electrons. The average Bonchev–Trinajstić information content (AvgIpc) is 2.84. The van der Waals surface area contributed by atoms with E-state index in [1.54, 1.807) is 0 Å². The molecule has 0 bridgehead atoms. The first-order valence-electron chi connectivity index (χ1n) is 7.07. The summed E-state index contributed by atoms with van der Waals surface area (Å²) in [5.74, 6) is 1.12. The molecule has 3 nitrogen and oxygen atoms in total. The molecular formula is C16H23N3. The van der Waals surface area contributed by atoms with Crippen molar-refractivity contribution in [3.63, 3.8) is 0 Å². The van der Waals surface area contributed by atoms with Gasteiger partial charge in [0.1, 0.15) is 5.82 Å². The fraction of sp³-hybridized carbons (Fsp3) is 0.438. The molecule has 3 heteroatoms. The van der Waals surface area contributed by atoms with Gasteiger partial charge in [0.2, 0.25) is 0 Å². The fourth-order valence-corrected chi connectivity index (χ4v) is 2.41. The predicted octanol–water partition coefficient (Wildman–Crippen LogP) is 3.20.